The maximum Gasteiger partial charge on any atom is 0.230 e. The lowest BCUT2D eigenvalue weighted by atomic mass is 9.56. The Morgan fingerprint density at radius 2 is 1.87 bits per heavy atom. The van der Waals surface area contributed by atoms with E-state index in [9.17, 15) is 34.8 Å². The Morgan fingerprint density at radius 1 is 1.23 bits per heavy atom. The Labute approximate surface area is 178 Å². The fourth-order valence-electron chi connectivity index (χ4n) is 5.76. The minimum Gasteiger partial charge on any atom is -0.508 e. The average molecular weight is 430 g/mol. The summed E-state index contributed by atoms with van der Waals surface area (Å²) in [7, 11) is 3.25. The molecule has 0 heterocycles. The van der Waals surface area contributed by atoms with Crippen molar-refractivity contribution in [2.45, 2.75) is 37.5 Å². The molecule has 3 aliphatic rings. The number of nitrogens with zero attached hydrogens (tertiary/aromatic N) is 1. The summed E-state index contributed by atoms with van der Waals surface area (Å²) in [5, 5.41) is 43.7. The van der Waals surface area contributed by atoms with Crippen LogP contribution in [0.2, 0.25) is 0 Å². The van der Waals surface area contributed by atoms with Crippen LogP contribution in [-0.2, 0) is 16.0 Å². The number of allylic oxidation sites excluding steroid dienone is 1. The predicted molar refractivity (Wildman–Crippen MR) is 108 cm³/mol. The van der Waals surface area contributed by atoms with E-state index in [-0.39, 0.29) is 23.3 Å². The van der Waals surface area contributed by atoms with Crippen LogP contribution < -0.4 is 5.73 Å². The molecule has 4 rings (SSSR count). The monoisotopic (exact) mass is 430 g/mol. The van der Waals surface area contributed by atoms with Crippen LogP contribution in [0.25, 0.3) is 0 Å². The Kier molecular flexibility index (Phi) is 4.77. The minimum absolute atomic E-state index is 0.0405. The van der Waals surface area contributed by atoms with Crippen molar-refractivity contribution in [1.82, 2.24) is 4.90 Å². The number of hydrogen-bond donors (Lipinski definition) is 5. The van der Waals surface area contributed by atoms with Crippen LogP contribution in [0.5, 0.6) is 5.75 Å². The average Bonchev–Trinajstić information content (AvgIpc) is 2.67. The van der Waals surface area contributed by atoms with E-state index in [1.807, 2.05) is 6.92 Å². The standard InChI is InChI=1S/C22H26N2O7/c1-8-4-5-12(25)14-10(8)6-9-7-11-16(24(2)3)18(27)15(21(23)30)20(29)22(11,31)19(28)13(9)17(14)26/h4-5,9,11,15-16,18,25,27-28,31H,6-7H2,1-3H3,(H2,23,30)/t9?,11?,15?,16-,18?,22-/m0/s1. The second-order valence-corrected chi connectivity index (χ2v) is 9.05. The van der Waals surface area contributed by atoms with Gasteiger partial charge in [0.25, 0.3) is 0 Å². The molecule has 1 fully saturated rings. The van der Waals surface area contributed by atoms with Crippen molar-refractivity contribution in [3.05, 3.63) is 40.2 Å². The van der Waals surface area contributed by atoms with Crippen molar-refractivity contribution in [2.24, 2.45) is 23.5 Å². The number of carbonyl (C=O) groups excluding carboxylic acids is 3. The molecule has 0 spiro atoms. The molecule has 1 aromatic carbocycles. The van der Waals surface area contributed by atoms with Gasteiger partial charge in [0.2, 0.25) is 5.91 Å². The molecule has 3 aliphatic carbocycles. The van der Waals surface area contributed by atoms with Gasteiger partial charge in [-0.15, -0.1) is 0 Å². The van der Waals surface area contributed by atoms with Crippen LogP contribution in [0.1, 0.15) is 27.9 Å². The zero-order chi connectivity index (χ0) is 23.0. The Bertz CT molecular complexity index is 1050. The highest BCUT2D eigenvalue weighted by Gasteiger charge is 2.66. The first-order valence-electron chi connectivity index (χ1n) is 10.1. The van der Waals surface area contributed by atoms with Crippen LogP contribution in [0, 0.1) is 24.7 Å². The molecule has 1 saturated carbocycles. The van der Waals surface area contributed by atoms with E-state index in [0.717, 1.165) is 5.56 Å². The van der Waals surface area contributed by atoms with E-state index in [1.54, 1.807) is 25.1 Å². The normalized spacial score (nSPS) is 35.0. The number of aryl methyl sites for hydroxylation is 1. The molecule has 31 heavy (non-hydrogen) atoms. The number of aliphatic hydroxyl groups is 3. The number of likely N-dealkylation sites (N-methyl/N-ethyl adjacent to an activating group) is 1. The van der Waals surface area contributed by atoms with Crippen LogP contribution in [0.4, 0.5) is 0 Å². The third-order valence-corrected chi connectivity index (χ3v) is 7.21. The van der Waals surface area contributed by atoms with Crippen LogP contribution in [-0.4, -0.2) is 74.6 Å². The third-order valence-electron chi connectivity index (χ3n) is 7.21. The quantitative estimate of drug-likeness (QED) is 0.396. The fraction of sp³-hybridized carbons (Fsp3) is 0.500. The summed E-state index contributed by atoms with van der Waals surface area (Å²) in [6.07, 6.45) is -1.04. The smallest absolute Gasteiger partial charge is 0.230 e. The maximum atomic E-state index is 13.3. The number of phenolic OH excluding ortho intramolecular Hbond substituents is 1. The molecule has 4 unspecified atom stereocenters. The molecule has 6 atom stereocenters. The summed E-state index contributed by atoms with van der Waals surface area (Å²) < 4.78 is 0. The number of phenols is 1. The molecule has 1 amide bonds. The zero-order valence-corrected chi connectivity index (χ0v) is 17.5. The topological polar surface area (TPSA) is 161 Å². The SMILES string of the molecule is Cc1ccc(O)c2c1CC1CC3[C@H](N(C)C)C(O)C(C(N)=O)C(=O)[C@@]3(O)C(O)=C1C2=O. The molecule has 9 heteroatoms. The zero-order valence-electron chi connectivity index (χ0n) is 17.5. The second-order valence-electron chi connectivity index (χ2n) is 9.05. The van der Waals surface area contributed by atoms with E-state index in [4.69, 9.17) is 5.73 Å². The number of aromatic hydroxyl groups is 1. The molecule has 0 radical (unpaired) electrons. The molecule has 1 aromatic rings. The number of nitrogens with two attached hydrogens (primary N) is 1. The predicted octanol–water partition coefficient (Wildman–Crippen LogP) is -0.406. The third kappa shape index (κ3) is 2.70. The van der Waals surface area contributed by atoms with Crippen molar-refractivity contribution in [3.8, 4) is 5.75 Å². The molecular weight excluding hydrogens is 404 g/mol. The van der Waals surface area contributed by atoms with Crippen LogP contribution in [0.15, 0.2) is 23.5 Å². The van der Waals surface area contributed by atoms with Gasteiger partial charge in [-0.1, -0.05) is 6.07 Å². The summed E-state index contributed by atoms with van der Waals surface area (Å²) in [6, 6.07) is 2.21. The van der Waals surface area contributed by atoms with Gasteiger partial charge in [0.1, 0.15) is 17.4 Å². The summed E-state index contributed by atoms with van der Waals surface area (Å²) >= 11 is 0. The van der Waals surface area contributed by atoms with Crippen LogP contribution >= 0.6 is 0 Å². The van der Waals surface area contributed by atoms with Gasteiger partial charge < -0.3 is 31.1 Å². The Morgan fingerprint density at radius 3 is 2.45 bits per heavy atom. The fourth-order valence-corrected chi connectivity index (χ4v) is 5.76. The minimum atomic E-state index is -2.55. The summed E-state index contributed by atoms with van der Waals surface area (Å²) in [5.41, 5.74) is 4.15. The van der Waals surface area contributed by atoms with Gasteiger partial charge in [0.15, 0.2) is 17.2 Å². The Hall–Kier alpha value is -2.75. The molecular formula is C22H26N2O7. The number of benzene rings is 1. The number of ketones is 2. The highest BCUT2D eigenvalue weighted by atomic mass is 16.3. The molecule has 6 N–H and O–H groups in total. The van der Waals surface area contributed by atoms with Crippen molar-refractivity contribution >= 4 is 17.5 Å². The molecule has 0 bridgehead atoms. The summed E-state index contributed by atoms with van der Waals surface area (Å²) in [5.74, 6) is -7.21. The number of primary amides is 1. The highest BCUT2D eigenvalue weighted by molar-refractivity contribution is 6.15. The molecule has 166 valence electrons. The van der Waals surface area contributed by atoms with Gasteiger partial charge >= 0.3 is 0 Å². The Balaban J connectivity index is 1.95. The first-order chi connectivity index (χ1) is 14.4. The molecule has 0 aliphatic heterocycles. The van der Waals surface area contributed by atoms with Gasteiger partial charge in [0, 0.05) is 17.5 Å². The van der Waals surface area contributed by atoms with Crippen molar-refractivity contribution in [1.29, 1.82) is 0 Å². The second kappa shape index (κ2) is 6.88. The number of hydrogen-bond acceptors (Lipinski definition) is 8. The van der Waals surface area contributed by atoms with E-state index >= 15 is 0 Å². The van der Waals surface area contributed by atoms with E-state index in [0.29, 0.717) is 12.0 Å². The number of rotatable bonds is 2. The lowest BCUT2D eigenvalue weighted by Crippen LogP contribution is -2.71. The maximum absolute atomic E-state index is 13.3. The van der Waals surface area contributed by atoms with Gasteiger partial charge in [-0.3, -0.25) is 14.4 Å². The summed E-state index contributed by atoms with van der Waals surface area (Å²) in [4.78, 5) is 40.0. The van der Waals surface area contributed by atoms with Crippen molar-refractivity contribution in [3.63, 3.8) is 0 Å². The lowest BCUT2D eigenvalue weighted by Gasteiger charge is -2.53. The first kappa shape index (κ1) is 21.5. The highest BCUT2D eigenvalue weighted by Crippen LogP contribution is 2.52. The summed E-state index contributed by atoms with van der Waals surface area (Å²) in [6.45, 7) is 1.81. The number of fused-ring (bicyclic) bond motifs is 3. The van der Waals surface area contributed by atoms with Gasteiger partial charge in [-0.05, 0) is 57.0 Å². The molecule has 0 saturated heterocycles. The van der Waals surface area contributed by atoms with E-state index in [1.165, 1.54) is 6.07 Å². The van der Waals surface area contributed by atoms with E-state index < -0.39 is 58.7 Å². The number of Topliss-reactive ketones (excluding diaryl/α,β-unsaturated/α-hetero) is 2. The van der Waals surface area contributed by atoms with Gasteiger partial charge in [0.05, 0.1) is 11.7 Å². The van der Waals surface area contributed by atoms with E-state index in [2.05, 4.69) is 0 Å². The number of carbonyl (C=O) groups is 3. The molecule has 0 aromatic heterocycles. The first-order valence-corrected chi connectivity index (χ1v) is 10.1. The number of aliphatic hydroxyl groups excluding tert-OH is 2. The van der Waals surface area contributed by atoms with Crippen molar-refractivity contribution < 1.29 is 34.8 Å². The van der Waals surface area contributed by atoms with Gasteiger partial charge in [-0.25, -0.2) is 0 Å². The van der Waals surface area contributed by atoms with Gasteiger partial charge in [-0.2, -0.15) is 0 Å². The lowest BCUT2D eigenvalue weighted by molar-refractivity contribution is -0.178. The van der Waals surface area contributed by atoms with Crippen molar-refractivity contribution in [2.75, 3.05) is 14.1 Å². The van der Waals surface area contributed by atoms with Crippen LogP contribution in [0.3, 0.4) is 0 Å². The largest absolute Gasteiger partial charge is 0.508 e. The number of amides is 1. The molecule has 9 nitrogen and oxygen atoms in total.